The second-order valence-electron chi connectivity index (χ2n) is 3.40. The maximum absolute atomic E-state index is 12.7. The van der Waals surface area contributed by atoms with Gasteiger partial charge in [0, 0.05) is 6.54 Å². The van der Waals surface area contributed by atoms with E-state index < -0.39 is 0 Å². The Morgan fingerprint density at radius 2 is 1.93 bits per heavy atom. The highest BCUT2D eigenvalue weighted by molar-refractivity contribution is 5.65. The van der Waals surface area contributed by atoms with Crippen molar-refractivity contribution >= 4 is 5.57 Å². The van der Waals surface area contributed by atoms with Crippen LogP contribution in [0.5, 0.6) is 0 Å². The van der Waals surface area contributed by atoms with Gasteiger partial charge in [0.05, 0.1) is 0 Å². The molecule has 0 aromatic heterocycles. The second kappa shape index (κ2) is 6.36. The summed E-state index contributed by atoms with van der Waals surface area (Å²) < 4.78 is 12.7. The highest BCUT2D eigenvalue weighted by Gasteiger charge is 1.98. The van der Waals surface area contributed by atoms with Crippen LogP contribution in [0.4, 0.5) is 4.39 Å². The standard InChI is InChI=1S/C13H18FN/c1-3-11(9-10-15-4-2)12-5-7-13(14)8-6-12/h5-9,15H,3-4,10H2,1-2H3/b11-9+. The lowest BCUT2D eigenvalue weighted by molar-refractivity contribution is 0.627. The normalized spacial score (nSPS) is 11.8. The van der Waals surface area contributed by atoms with Crippen LogP contribution in [0, 0.1) is 5.82 Å². The maximum Gasteiger partial charge on any atom is 0.123 e. The van der Waals surface area contributed by atoms with Crippen LogP contribution in [0.2, 0.25) is 0 Å². The Bertz CT molecular complexity index is 314. The van der Waals surface area contributed by atoms with Crippen LogP contribution in [0.15, 0.2) is 30.3 Å². The Balaban J connectivity index is 2.73. The number of likely N-dealkylation sites (N-methyl/N-ethyl adjacent to an activating group) is 1. The average Bonchev–Trinajstić information content (AvgIpc) is 2.26. The van der Waals surface area contributed by atoms with E-state index in [1.807, 2.05) is 12.1 Å². The van der Waals surface area contributed by atoms with Crippen molar-refractivity contribution in [3.05, 3.63) is 41.7 Å². The first-order chi connectivity index (χ1) is 7.27. The third-order valence-electron chi connectivity index (χ3n) is 2.34. The van der Waals surface area contributed by atoms with Crippen LogP contribution >= 0.6 is 0 Å². The number of benzene rings is 1. The van der Waals surface area contributed by atoms with Gasteiger partial charge in [0.1, 0.15) is 5.82 Å². The van der Waals surface area contributed by atoms with Gasteiger partial charge < -0.3 is 5.32 Å². The van der Waals surface area contributed by atoms with Gasteiger partial charge in [-0.2, -0.15) is 0 Å². The van der Waals surface area contributed by atoms with E-state index >= 15 is 0 Å². The van der Waals surface area contributed by atoms with Crippen LogP contribution in [0.3, 0.4) is 0 Å². The van der Waals surface area contributed by atoms with Gasteiger partial charge in [0.25, 0.3) is 0 Å². The largest absolute Gasteiger partial charge is 0.314 e. The fraction of sp³-hybridized carbons (Fsp3) is 0.385. The van der Waals surface area contributed by atoms with Crippen molar-refractivity contribution in [2.45, 2.75) is 20.3 Å². The Labute approximate surface area is 91.0 Å². The molecule has 82 valence electrons. The molecule has 0 saturated carbocycles. The molecule has 1 aromatic rings. The molecule has 1 aromatic carbocycles. The fourth-order valence-electron chi connectivity index (χ4n) is 1.47. The SMILES string of the molecule is CCNC/C=C(\CC)c1ccc(F)cc1. The smallest absolute Gasteiger partial charge is 0.123 e. The van der Waals surface area contributed by atoms with Crippen LogP contribution in [-0.4, -0.2) is 13.1 Å². The van der Waals surface area contributed by atoms with E-state index in [-0.39, 0.29) is 5.82 Å². The molecule has 1 nitrogen and oxygen atoms in total. The molecular weight excluding hydrogens is 189 g/mol. The van der Waals surface area contributed by atoms with Crippen LogP contribution in [-0.2, 0) is 0 Å². The molecule has 1 N–H and O–H groups in total. The monoisotopic (exact) mass is 207 g/mol. The van der Waals surface area contributed by atoms with E-state index in [0.717, 1.165) is 25.1 Å². The summed E-state index contributed by atoms with van der Waals surface area (Å²) in [6.07, 6.45) is 3.13. The minimum absolute atomic E-state index is 0.180. The highest BCUT2D eigenvalue weighted by atomic mass is 19.1. The lowest BCUT2D eigenvalue weighted by atomic mass is 10.0. The minimum atomic E-state index is -0.180. The summed E-state index contributed by atoms with van der Waals surface area (Å²) in [5.41, 5.74) is 2.37. The third-order valence-corrected chi connectivity index (χ3v) is 2.34. The van der Waals surface area contributed by atoms with Crippen LogP contribution < -0.4 is 5.32 Å². The highest BCUT2D eigenvalue weighted by Crippen LogP contribution is 2.17. The Morgan fingerprint density at radius 1 is 1.27 bits per heavy atom. The van der Waals surface area contributed by atoms with E-state index in [1.165, 1.54) is 17.7 Å². The molecule has 15 heavy (non-hydrogen) atoms. The molecule has 1 rings (SSSR count). The molecule has 2 heteroatoms. The van der Waals surface area contributed by atoms with E-state index in [9.17, 15) is 4.39 Å². The summed E-state index contributed by atoms with van der Waals surface area (Å²) in [5, 5.41) is 3.24. The lowest BCUT2D eigenvalue weighted by Crippen LogP contribution is -2.12. The summed E-state index contributed by atoms with van der Waals surface area (Å²) in [7, 11) is 0. The van der Waals surface area contributed by atoms with Crippen molar-refractivity contribution in [1.82, 2.24) is 5.32 Å². The first kappa shape index (κ1) is 11.9. The van der Waals surface area contributed by atoms with Gasteiger partial charge in [0.2, 0.25) is 0 Å². The zero-order valence-corrected chi connectivity index (χ0v) is 9.39. The number of hydrogen-bond acceptors (Lipinski definition) is 1. The summed E-state index contributed by atoms with van der Waals surface area (Å²) in [4.78, 5) is 0. The molecule has 0 aliphatic carbocycles. The molecule has 0 spiro atoms. The summed E-state index contributed by atoms with van der Waals surface area (Å²) >= 11 is 0. The molecule has 0 heterocycles. The quantitative estimate of drug-likeness (QED) is 0.731. The summed E-state index contributed by atoms with van der Waals surface area (Å²) in [5.74, 6) is -0.180. The van der Waals surface area contributed by atoms with Gasteiger partial charge in [0.15, 0.2) is 0 Å². The minimum Gasteiger partial charge on any atom is -0.314 e. The topological polar surface area (TPSA) is 12.0 Å². The van der Waals surface area contributed by atoms with Crippen molar-refractivity contribution in [2.24, 2.45) is 0 Å². The molecule has 0 saturated heterocycles. The van der Waals surface area contributed by atoms with E-state index in [4.69, 9.17) is 0 Å². The van der Waals surface area contributed by atoms with Gasteiger partial charge in [-0.1, -0.05) is 32.1 Å². The maximum atomic E-state index is 12.7. The van der Waals surface area contributed by atoms with Crippen molar-refractivity contribution in [3.63, 3.8) is 0 Å². The zero-order chi connectivity index (χ0) is 11.1. The molecule has 0 radical (unpaired) electrons. The molecule has 0 amide bonds. The van der Waals surface area contributed by atoms with Crippen molar-refractivity contribution < 1.29 is 4.39 Å². The molecule has 0 atom stereocenters. The Hall–Kier alpha value is -1.15. The lowest BCUT2D eigenvalue weighted by Gasteiger charge is -2.05. The van der Waals surface area contributed by atoms with Crippen LogP contribution in [0.1, 0.15) is 25.8 Å². The van der Waals surface area contributed by atoms with Gasteiger partial charge in [-0.25, -0.2) is 4.39 Å². The van der Waals surface area contributed by atoms with Crippen LogP contribution in [0.25, 0.3) is 5.57 Å². The molecule has 0 bridgehead atoms. The van der Waals surface area contributed by atoms with Gasteiger partial charge in [-0.05, 0) is 36.2 Å². The van der Waals surface area contributed by atoms with Crippen molar-refractivity contribution in [1.29, 1.82) is 0 Å². The van der Waals surface area contributed by atoms with Gasteiger partial charge >= 0.3 is 0 Å². The Kier molecular flexibility index (Phi) is 5.05. The molecule has 0 unspecified atom stereocenters. The number of allylic oxidation sites excluding steroid dienone is 1. The summed E-state index contributed by atoms with van der Waals surface area (Å²) in [6, 6.07) is 6.67. The van der Waals surface area contributed by atoms with Gasteiger partial charge in [-0.3, -0.25) is 0 Å². The predicted octanol–water partition coefficient (Wildman–Crippen LogP) is 3.23. The second-order valence-corrected chi connectivity index (χ2v) is 3.40. The van der Waals surface area contributed by atoms with Gasteiger partial charge in [-0.15, -0.1) is 0 Å². The predicted molar refractivity (Wildman–Crippen MR) is 63.2 cm³/mol. The molecule has 0 aliphatic rings. The van der Waals surface area contributed by atoms with E-state index in [1.54, 1.807) is 0 Å². The van der Waals surface area contributed by atoms with Crippen molar-refractivity contribution in [2.75, 3.05) is 13.1 Å². The van der Waals surface area contributed by atoms with E-state index in [2.05, 4.69) is 25.2 Å². The third kappa shape index (κ3) is 3.84. The molecule has 0 aliphatic heterocycles. The zero-order valence-electron chi connectivity index (χ0n) is 9.39. The molecule has 0 fully saturated rings. The number of nitrogens with one attached hydrogen (secondary N) is 1. The van der Waals surface area contributed by atoms with Crippen molar-refractivity contribution in [3.8, 4) is 0 Å². The summed E-state index contributed by atoms with van der Waals surface area (Å²) in [6.45, 7) is 6.03. The molecular formula is C13H18FN. The first-order valence-corrected chi connectivity index (χ1v) is 5.43. The Morgan fingerprint density at radius 3 is 2.47 bits per heavy atom. The first-order valence-electron chi connectivity index (χ1n) is 5.43. The number of hydrogen-bond donors (Lipinski definition) is 1. The average molecular weight is 207 g/mol. The number of rotatable bonds is 5. The number of halogens is 1. The van der Waals surface area contributed by atoms with E-state index in [0.29, 0.717) is 0 Å². The fourth-order valence-corrected chi connectivity index (χ4v) is 1.47.